The van der Waals surface area contributed by atoms with E-state index in [4.69, 9.17) is 4.74 Å². The predicted molar refractivity (Wildman–Crippen MR) is 90.5 cm³/mol. The fraction of sp³-hybridized carbons (Fsp3) is 0.176. The van der Waals surface area contributed by atoms with E-state index in [0.29, 0.717) is 12.3 Å². The van der Waals surface area contributed by atoms with Crippen molar-refractivity contribution in [3.63, 3.8) is 0 Å². The normalized spacial score (nSPS) is 10.9. The van der Waals surface area contributed by atoms with Crippen molar-refractivity contribution in [2.45, 2.75) is 13.5 Å². The highest BCUT2D eigenvalue weighted by Gasteiger charge is 2.11. The number of methoxy groups -OCH3 is 1. The van der Waals surface area contributed by atoms with Crippen LogP contribution >= 0.6 is 15.9 Å². The summed E-state index contributed by atoms with van der Waals surface area (Å²) >= 11 is 3.50. The summed E-state index contributed by atoms with van der Waals surface area (Å²) in [7, 11) is 1.61. The van der Waals surface area contributed by atoms with Gasteiger partial charge in [0.2, 0.25) is 0 Å². The summed E-state index contributed by atoms with van der Waals surface area (Å²) in [5.41, 5.74) is 2.59. The molecule has 0 saturated heterocycles. The molecular weight excluding hydrogens is 344 g/mol. The van der Waals surface area contributed by atoms with Crippen LogP contribution in [-0.4, -0.2) is 16.7 Å². The van der Waals surface area contributed by atoms with Gasteiger partial charge in [-0.1, -0.05) is 6.07 Å². The summed E-state index contributed by atoms with van der Waals surface area (Å²) < 4.78 is 7.95. The van der Waals surface area contributed by atoms with E-state index in [1.165, 1.54) is 0 Å². The molecule has 0 amide bonds. The maximum Gasteiger partial charge on any atom is 0.251 e. The van der Waals surface area contributed by atoms with Crippen LogP contribution in [0.1, 0.15) is 11.3 Å². The van der Waals surface area contributed by atoms with Crippen LogP contribution in [0, 0.1) is 6.92 Å². The standard InChI is InChI=1S/C17H15BrN2O2/c1-11-7-17(21)20(10-12-5-3-4-6-19-12)15-9-16(22-2)14(18)8-13(11)15/h3-9H,10H2,1-2H3. The van der Waals surface area contributed by atoms with Crippen LogP contribution in [0.5, 0.6) is 5.75 Å². The number of halogens is 1. The van der Waals surface area contributed by atoms with Crippen molar-refractivity contribution in [2.75, 3.05) is 7.11 Å². The van der Waals surface area contributed by atoms with Crippen LogP contribution in [0.25, 0.3) is 10.9 Å². The first-order chi connectivity index (χ1) is 10.6. The van der Waals surface area contributed by atoms with E-state index in [-0.39, 0.29) is 5.56 Å². The second kappa shape index (κ2) is 5.93. The topological polar surface area (TPSA) is 44.1 Å². The molecule has 2 aromatic heterocycles. The van der Waals surface area contributed by atoms with Gasteiger partial charge in [0.1, 0.15) is 5.75 Å². The van der Waals surface area contributed by atoms with Crippen molar-refractivity contribution in [2.24, 2.45) is 0 Å². The number of rotatable bonds is 3. The molecule has 112 valence electrons. The van der Waals surface area contributed by atoms with Gasteiger partial charge in [-0.15, -0.1) is 0 Å². The summed E-state index contributed by atoms with van der Waals surface area (Å²) in [5, 5.41) is 1.02. The highest BCUT2D eigenvalue weighted by molar-refractivity contribution is 9.10. The molecule has 0 radical (unpaired) electrons. The molecule has 0 aliphatic heterocycles. The average Bonchev–Trinajstić information content (AvgIpc) is 2.52. The lowest BCUT2D eigenvalue weighted by Gasteiger charge is -2.14. The number of aryl methyl sites for hydroxylation is 1. The van der Waals surface area contributed by atoms with Crippen LogP contribution in [0.3, 0.4) is 0 Å². The zero-order chi connectivity index (χ0) is 15.7. The average molecular weight is 359 g/mol. The van der Waals surface area contributed by atoms with Crippen LogP contribution in [-0.2, 0) is 6.54 Å². The number of nitrogens with zero attached hydrogens (tertiary/aromatic N) is 2. The minimum atomic E-state index is -0.0416. The number of ether oxygens (including phenoxy) is 1. The monoisotopic (exact) mass is 358 g/mol. The second-order valence-corrected chi connectivity index (χ2v) is 5.93. The molecule has 3 rings (SSSR count). The highest BCUT2D eigenvalue weighted by Crippen LogP contribution is 2.31. The van der Waals surface area contributed by atoms with Crippen molar-refractivity contribution >= 4 is 26.8 Å². The van der Waals surface area contributed by atoms with Crippen molar-refractivity contribution < 1.29 is 4.74 Å². The van der Waals surface area contributed by atoms with Crippen molar-refractivity contribution in [1.82, 2.24) is 9.55 Å². The van der Waals surface area contributed by atoms with Crippen molar-refractivity contribution in [3.05, 3.63) is 68.7 Å². The van der Waals surface area contributed by atoms with Crippen LogP contribution in [0.15, 0.2) is 51.9 Å². The molecule has 0 atom stereocenters. The van der Waals surface area contributed by atoms with E-state index < -0.39 is 0 Å². The van der Waals surface area contributed by atoms with E-state index in [1.807, 2.05) is 37.3 Å². The third-order valence-electron chi connectivity index (χ3n) is 3.64. The molecule has 0 bridgehead atoms. The van der Waals surface area contributed by atoms with Crippen molar-refractivity contribution in [3.8, 4) is 5.75 Å². The van der Waals surface area contributed by atoms with Gasteiger partial charge in [0, 0.05) is 23.7 Å². The van der Waals surface area contributed by atoms with Gasteiger partial charge in [-0.2, -0.15) is 0 Å². The number of hydrogen-bond donors (Lipinski definition) is 0. The smallest absolute Gasteiger partial charge is 0.251 e. The molecule has 2 heterocycles. The Bertz CT molecular complexity index is 889. The summed E-state index contributed by atoms with van der Waals surface area (Å²) in [6.45, 7) is 2.37. The Morgan fingerprint density at radius 1 is 1.27 bits per heavy atom. The van der Waals surface area contributed by atoms with E-state index in [2.05, 4.69) is 20.9 Å². The number of fused-ring (bicyclic) bond motifs is 1. The molecule has 0 unspecified atom stereocenters. The summed E-state index contributed by atoms with van der Waals surface area (Å²) in [4.78, 5) is 16.7. The van der Waals surface area contributed by atoms with Gasteiger partial charge in [-0.25, -0.2) is 0 Å². The molecule has 4 nitrogen and oxygen atoms in total. The first kappa shape index (κ1) is 14.8. The Morgan fingerprint density at radius 3 is 2.77 bits per heavy atom. The van der Waals surface area contributed by atoms with Gasteiger partial charge in [0.05, 0.1) is 29.3 Å². The third-order valence-corrected chi connectivity index (χ3v) is 4.26. The molecule has 0 spiro atoms. The quantitative estimate of drug-likeness (QED) is 0.719. The van der Waals surface area contributed by atoms with Gasteiger partial charge in [0.25, 0.3) is 5.56 Å². The SMILES string of the molecule is COc1cc2c(cc1Br)c(C)cc(=O)n2Cc1ccccn1. The Kier molecular flexibility index (Phi) is 3.98. The van der Waals surface area contributed by atoms with Gasteiger partial charge in [-0.3, -0.25) is 9.78 Å². The fourth-order valence-corrected chi connectivity index (χ4v) is 3.02. The lowest BCUT2D eigenvalue weighted by molar-refractivity contribution is 0.412. The summed E-state index contributed by atoms with van der Waals surface area (Å²) in [6, 6.07) is 11.2. The van der Waals surface area contributed by atoms with E-state index in [9.17, 15) is 4.79 Å². The van der Waals surface area contributed by atoms with Gasteiger partial charge in [-0.05, 0) is 46.6 Å². The first-order valence-corrected chi connectivity index (χ1v) is 7.67. The zero-order valence-corrected chi connectivity index (χ0v) is 13.9. The molecule has 0 aliphatic rings. The Morgan fingerprint density at radius 2 is 2.09 bits per heavy atom. The number of aromatic nitrogens is 2. The molecule has 0 N–H and O–H groups in total. The highest BCUT2D eigenvalue weighted by atomic mass is 79.9. The van der Waals surface area contributed by atoms with E-state index >= 15 is 0 Å². The summed E-state index contributed by atoms with van der Waals surface area (Å²) in [5.74, 6) is 0.701. The molecule has 5 heteroatoms. The largest absolute Gasteiger partial charge is 0.495 e. The summed E-state index contributed by atoms with van der Waals surface area (Å²) in [6.07, 6.45) is 1.73. The van der Waals surface area contributed by atoms with Crippen LogP contribution < -0.4 is 10.3 Å². The minimum Gasteiger partial charge on any atom is -0.495 e. The predicted octanol–water partition coefficient (Wildman–Crippen LogP) is 3.52. The Hall–Kier alpha value is -2.14. The lowest BCUT2D eigenvalue weighted by Crippen LogP contribution is -2.21. The molecular formula is C17H15BrN2O2. The molecule has 3 aromatic rings. The number of benzene rings is 1. The molecule has 0 fully saturated rings. The van der Waals surface area contributed by atoms with Crippen LogP contribution in [0.4, 0.5) is 0 Å². The lowest BCUT2D eigenvalue weighted by atomic mass is 10.1. The van der Waals surface area contributed by atoms with E-state index in [0.717, 1.165) is 26.6 Å². The van der Waals surface area contributed by atoms with Crippen LogP contribution in [0.2, 0.25) is 0 Å². The molecule has 0 aliphatic carbocycles. The Balaban J connectivity index is 2.26. The second-order valence-electron chi connectivity index (χ2n) is 5.08. The number of pyridine rings is 2. The molecule has 0 saturated carbocycles. The molecule has 1 aromatic carbocycles. The number of hydrogen-bond acceptors (Lipinski definition) is 3. The minimum absolute atomic E-state index is 0.0416. The zero-order valence-electron chi connectivity index (χ0n) is 12.3. The first-order valence-electron chi connectivity index (χ1n) is 6.88. The Labute approximate surface area is 136 Å². The molecule has 22 heavy (non-hydrogen) atoms. The van der Waals surface area contributed by atoms with Gasteiger partial charge < -0.3 is 9.30 Å². The van der Waals surface area contributed by atoms with Gasteiger partial charge in [0.15, 0.2) is 0 Å². The van der Waals surface area contributed by atoms with Gasteiger partial charge >= 0.3 is 0 Å². The fourth-order valence-electron chi connectivity index (χ4n) is 2.51. The van der Waals surface area contributed by atoms with Crippen molar-refractivity contribution in [1.29, 1.82) is 0 Å². The third kappa shape index (κ3) is 2.64. The van der Waals surface area contributed by atoms with E-state index in [1.54, 1.807) is 23.9 Å². The maximum atomic E-state index is 12.4. The maximum absolute atomic E-state index is 12.4.